The Morgan fingerprint density at radius 3 is 2.43 bits per heavy atom. The van der Waals surface area contributed by atoms with E-state index in [1.807, 2.05) is 6.92 Å². The Labute approximate surface area is 137 Å². The minimum absolute atomic E-state index is 0.00316. The number of hydrogen-bond donors (Lipinski definition) is 3. The lowest BCUT2D eigenvalue weighted by Crippen LogP contribution is -2.42. The molecule has 1 amide bonds. The molecule has 0 spiro atoms. The summed E-state index contributed by atoms with van der Waals surface area (Å²) in [5, 5.41) is 12.4. The number of aryl methyl sites for hydroxylation is 1. The summed E-state index contributed by atoms with van der Waals surface area (Å²) < 4.78 is 0. The number of aromatic nitrogens is 1. The van der Waals surface area contributed by atoms with Gasteiger partial charge in [-0.3, -0.25) is 9.59 Å². The minimum Gasteiger partial charge on any atom is -0.396 e. The first-order chi connectivity index (χ1) is 11.0. The summed E-state index contributed by atoms with van der Waals surface area (Å²) in [6.45, 7) is 5.20. The van der Waals surface area contributed by atoms with Crippen LogP contribution in [0.3, 0.4) is 0 Å². The molecule has 1 heterocycles. The maximum Gasteiger partial charge on any atom is 0.268 e. The van der Waals surface area contributed by atoms with Crippen LogP contribution >= 0.6 is 0 Å². The van der Waals surface area contributed by atoms with E-state index in [0.717, 1.165) is 18.5 Å². The van der Waals surface area contributed by atoms with Crippen molar-refractivity contribution in [1.82, 2.24) is 10.3 Å². The van der Waals surface area contributed by atoms with Gasteiger partial charge in [0, 0.05) is 23.9 Å². The predicted molar refractivity (Wildman–Crippen MR) is 89.8 cm³/mol. The molecule has 1 atom stereocenters. The third kappa shape index (κ3) is 4.02. The van der Waals surface area contributed by atoms with Gasteiger partial charge in [0.15, 0.2) is 5.78 Å². The molecule has 5 nitrogen and oxygen atoms in total. The Hall–Kier alpha value is -1.62. The molecule has 1 fully saturated rings. The molecular weight excluding hydrogens is 292 g/mol. The van der Waals surface area contributed by atoms with Gasteiger partial charge < -0.3 is 15.4 Å². The van der Waals surface area contributed by atoms with E-state index in [1.165, 1.54) is 26.2 Å². The highest BCUT2D eigenvalue weighted by Gasteiger charge is 2.27. The number of rotatable bonds is 6. The van der Waals surface area contributed by atoms with Crippen LogP contribution in [0.5, 0.6) is 0 Å². The van der Waals surface area contributed by atoms with Gasteiger partial charge in [-0.25, -0.2) is 0 Å². The van der Waals surface area contributed by atoms with Gasteiger partial charge in [0.2, 0.25) is 0 Å². The number of aliphatic hydroxyl groups is 1. The lowest BCUT2D eigenvalue weighted by molar-refractivity contribution is 0.0894. The van der Waals surface area contributed by atoms with E-state index in [0.29, 0.717) is 29.2 Å². The molecular formula is C18H28N2O3. The lowest BCUT2D eigenvalue weighted by Gasteiger charge is -2.30. The molecule has 0 aromatic carbocycles. The minimum atomic E-state index is -0.179. The molecule has 1 aromatic rings. The van der Waals surface area contributed by atoms with Gasteiger partial charge in [-0.2, -0.15) is 0 Å². The van der Waals surface area contributed by atoms with Crippen LogP contribution in [-0.4, -0.2) is 34.4 Å². The molecule has 1 unspecified atom stereocenters. The molecule has 0 saturated heterocycles. The fraction of sp³-hybridized carbons (Fsp3) is 0.667. The van der Waals surface area contributed by atoms with E-state index in [9.17, 15) is 14.7 Å². The van der Waals surface area contributed by atoms with E-state index in [2.05, 4.69) is 10.3 Å². The van der Waals surface area contributed by atoms with Crippen LogP contribution in [0.15, 0.2) is 0 Å². The highest BCUT2D eigenvalue weighted by atomic mass is 16.3. The largest absolute Gasteiger partial charge is 0.396 e. The second-order valence-electron chi connectivity index (χ2n) is 6.67. The Bertz CT molecular complexity index is 571. The van der Waals surface area contributed by atoms with Crippen LogP contribution in [0, 0.1) is 19.8 Å². The van der Waals surface area contributed by atoms with Gasteiger partial charge >= 0.3 is 0 Å². The summed E-state index contributed by atoms with van der Waals surface area (Å²) in [6.07, 6.45) is 6.43. The third-order valence-electron chi connectivity index (χ3n) is 4.99. The molecule has 1 aliphatic carbocycles. The van der Waals surface area contributed by atoms with Crippen molar-refractivity contribution in [2.45, 2.75) is 65.3 Å². The highest BCUT2D eigenvalue weighted by molar-refractivity contribution is 6.02. The van der Waals surface area contributed by atoms with Crippen LogP contribution in [-0.2, 0) is 0 Å². The summed E-state index contributed by atoms with van der Waals surface area (Å²) >= 11 is 0. The van der Waals surface area contributed by atoms with E-state index >= 15 is 0 Å². The quantitative estimate of drug-likeness (QED) is 0.705. The molecule has 1 aromatic heterocycles. The maximum absolute atomic E-state index is 12.6. The number of aromatic amines is 1. The van der Waals surface area contributed by atoms with Gasteiger partial charge in [0.1, 0.15) is 5.69 Å². The SMILES string of the molecule is CC(=O)c1c(C)[nH]c(C(=O)NC(CCO)C2CCCCC2)c1C. The van der Waals surface area contributed by atoms with Gasteiger partial charge in [-0.05, 0) is 51.5 Å². The van der Waals surface area contributed by atoms with Crippen LogP contribution < -0.4 is 5.32 Å². The second kappa shape index (κ2) is 7.77. The molecule has 0 bridgehead atoms. The average molecular weight is 320 g/mol. The average Bonchev–Trinajstić information content (AvgIpc) is 2.82. The van der Waals surface area contributed by atoms with Crippen molar-refractivity contribution in [2.24, 2.45) is 5.92 Å². The van der Waals surface area contributed by atoms with Gasteiger partial charge in [-0.15, -0.1) is 0 Å². The van der Waals surface area contributed by atoms with Crippen molar-refractivity contribution in [2.75, 3.05) is 6.61 Å². The number of ketones is 1. The number of H-pyrrole nitrogens is 1. The van der Waals surface area contributed by atoms with Gasteiger partial charge in [0.05, 0.1) is 0 Å². The molecule has 1 aliphatic rings. The van der Waals surface area contributed by atoms with Gasteiger partial charge in [-0.1, -0.05) is 19.3 Å². The zero-order valence-electron chi connectivity index (χ0n) is 14.4. The monoisotopic (exact) mass is 320 g/mol. The summed E-state index contributed by atoms with van der Waals surface area (Å²) in [5.41, 5.74) is 2.51. The Kier molecular flexibility index (Phi) is 5.99. The van der Waals surface area contributed by atoms with Crippen molar-refractivity contribution in [3.05, 3.63) is 22.5 Å². The molecule has 5 heteroatoms. The molecule has 2 rings (SSSR count). The van der Waals surface area contributed by atoms with E-state index in [-0.39, 0.29) is 24.3 Å². The van der Waals surface area contributed by atoms with Crippen molar-refractivity contribution >= 4 is 11.7 Å². The predicted octanol–water partition coefficient (Wildman–Crippen LogP) is 2.90. The molecule has 3 N–H and O–H groups in total. The highest BCUT2D eigenvalue weighted by Crippen LogP contribution is 2.28. The van der Waals surface area contributed by atoms with Crippen molar-refractivity contribution in [1.29, 1.82) is 0 Å². The second-order valence-corrected chi connectivity index (χ2v) is 6.67. The van der Waals surface area contributed by atoms with Crippen molar-refractivity contribution in [3.8, 4) is 0 Å². The fourth-order valence-electron chi connectivity index (χ4n) is 3.85. The Morgan fingerprint density at radius 1 is 1.26 bits per heavy atom. The number of carbonyl (C=O) groups is 2. The first-order valence-corrected chi connectivity index (χ1v) is 8.57. The third-order valence-corrected chi connectivity index (χ3v) is 4.99. The van der Waals surface area contributed by atoms with E-state index in [1.54, 1.807) is 6.92 Å². The Morgan fingerprint density at radius 2 is 1.91 bits per heavy atom. The van der Waals surface area contributed by atoms with E-state index < -0.39 is 0 Å². The lowest BCUT2D eigenvalue weighted by atomic mass is 9.82. The van der Waals surface area contributed by atoms with Gasteiger partial charge in [0.25, 0.3) is 5.91 Å². The van der Waals surface area contributed by atoms with Crippen LogP contribution in [0.2, 0.25) is 0 Å². The summed E-state index contributed by atoms with van der Waals surface area (Å²) in [7, 11) is 0. The number of aliphatic hydroxyl groups excluding tert-OH is 1. The Balaban J connectivity index is 2.15. The van der Waals surface area contributed by atoms with Crippen LogP contribution in [0.25, 0.3) is 0 Å². The molecule has 0 radical (unpaired) electrons. The summed E-state index contributed by atoms with van der Waals surface area (Å²) in [4.78, 5) is 27.4. The number of nitrogens with one attached hydrogen (secondary N) is 2. The zero-order valence-corrected chi connectivity index (χ0v) is 14.4. The first kappa shape index (κ1) is 17.7. The molecule has 0 aliphatic heterocycles. The van der Waals surface area contributed by atoms with Crippen molar-refractivity contribution < 1.29 is 14.7 Å². The zero-order chi connectivity index (χ0) is 17.0. The smallest absolute Gasteiger partial charge is 0.268 e. The standard InChI is InChI=1S/C18H28N2O3/c1-11-16(13(3)22)12(2)19-17(11)18(23)20-15(9-10-21)14-7-5-4-6-8-14/h14-15,19,21H,4-10H2,1-3H3,(H,20,23). The molecule has 1 saturated carbocycles. The topological polar surface area (TPSA) is 82.2 Å². The van der Waals surface area contributed by atoms with Crippen molar-refractivity contribution in [3.63, 3.8) is 0 Å². The number of hydrogen-bond acceptors (Lipinski definition) is 3. The number of Topliss-reactive ketones (excluding diaryl/α,β-unsaturated/α-hetero) is 1. The summed E-state index contributed by atoms with van der Waals surface area (Å²) in [5.74, 6) is 0.222. The molecule has 23 heavy (non-hydrogen) atoms. The van der Waals surface area contributed by atoms with Crippen LogP contribution in [0.1, 0.15) is 77.6 Å². The fourth-order valence-corrected chi connectivity index (χ4v) is 3.85. The van der Waals surface area contributed by atoms with Crippen LogP contribution in [0.4, 0.5) is 0 Å². The normalized spacial score (nSPS) is 17.0. The van der Waals surface area contributed by atoms with E-state index in [4.69, 9.17) is 0 Å². The summed E-state index contributed by atoms with van der Waals surface area (Å²) in [6, 6.07) is -0.00316. The first-order valence-electron chi connectivity index (χ1n) is 8.57. The number of carbonyl (C=O) groups excluding carboxylic acids is 2. The maximum atomic E-state index is 12.6. The molecule has 128 valence electrons. The number of amides is 1.